The molecule has 100 valence electrons. The van der Waals surface area contributed by atoms with E-state index in [0.29, 0.717) is 6.54 Å². The van der Waals surface area contributed by atoms with Crippen LogP contribution in [0.5, 0.6) is 5.75 Å². The molecule has 1 rings (SSSR count). The fourth-order valence-electron chi connectivity index (χ4n) is 1.82. The first-order valence-corrected chi connectivity index (χ1v) is 6.02. The minimum absolute atomic E-state index is 0.155. The van der Waals surface area contributed by atoms with Gasteiger partial charge in [0, 0.05) is 12.6 Å². The predicted molar refractivity (Wildman–Crippen MR) is 70.8 cm³/mol. The quantitative estimate of drug-likeness (QED) is 0.843. The molecule has 1 N–H and O–H groups in total. The van der Waals surface area contributed by atoms with Crippen molar-refractivity contribution in [3.63, 3.8) is 0 Å². The number of benzene rings is 1. The third kappa shape index (κ3) is 3.74. The van der Waals surface area contributed by atoms with Crippen LogP contribution in [0.2, 0.25) is 0 Å². The van der Waals surface area contributed by atoms with E-state index >= 15 is 0 Å². The highest BCUT2D eigenvalue weighted by Gasteiger charge is 2.18. The van der Waals surface area contributed by atoms with E-state index < -0.39 is 5.97 Å². The van der Waals surface area contributed by atoms with Gasteiger partial charge in [0.05, 0.1) is 13.0 Å². The Labute approximate surface area is 108 Å². The van der Waals surface area contributed by atoms with Gasteiger partial charge >= 0.3 is 5.97 Å². The Morgan fingerprint density at radius 3 is 2.67 bits per heavy atom. The van der Waals surface area contributed by atoms with E-state index in [0.717, 1.165) is 11.3 Å². The lowest BCUT2D eigenvalue weighted by molar-refractivity contribution is -0.141. The Morgan fingerprint density at radius 1 is 1.44 bits per heavy atom. The molecule has 0 aromatic heterocycles. The Kier molecular flexibility index (Phi) is 5.16. The third-order valence-electron chi connectivity index (χ3n) is 3.22. The van der Waals surface area contributed by atoms with Crippen LogP contribution in [0.4, 0.5) is 0 Å². The van der Waals surface area contributed by atoms with Gasteiger partial charge in [-0.25, -0.2) is 0 Å². The number of methoxy groups -OCH3 is 1. The average molecular weight is 251 g/mol. The van der Waals surface area contributed by atoms with Gasteiger partial charge in [-0.05, 0) is 31.7 Å². The van der Waals surface area contributed by atoms with E-state index in [1.165, 1.54) is 0 Å². The number of carbonyl (C=O) groups is 1. The number of carboxylic acid groups (broad SMARTS) is 1. The number of ether oxygens (including phenoxy) is 1. The summed E-state index contributed by atoms with van der Waals surface area (Å²) in [6.45, 7) is 4.30. The summed E-state index contributed by atoms with van der Waals surface area (Å²) in [5.74, 6) is -0.318. The summed E-state index contributed by atoms with van der Waals surface area (Å²) in [5, 5.41) is 8.92. The molecule has 4 nitrogen and oxygen atoms in total. The number of carboxylic acids is 1. The molecule has 0 spiro atoms. The van der Waals surface area contributed by atoms with E-state index in [-0.39, 0.29) is 12.0 Å². The lowest BCUT2D eigenvalue weighted by Gasteiger charge is -2.26. The summed E-state index contributed by atoms with van der Waals surface area (Å²) in [7, 11) is 3.57. The van der Waals surface area contributed by atoms with Gasteiger partial charge in [-0.3, -0.25) is 9.69 Å². The van der Waals surface area contributed by atoms with E-state index in [1.54, 1.807) is 14.0 Å². The molecule has 0 aliphatic heterocycles. The van der Waals surface area contributed by atoms with Crippen LogP contribution in [-0.2, 0) is 4.79 Å². The van der Waals surface area contributed by atoms with Crippen molar-refractivity contribution in [3.05, 3.63) is 29.8 Å². The van der Waals surface area contributed by atoms with E-state index in [9.17, 15) is 4.79 Å². The van der Waals surface area contributed by atoms with Crippen LogP contribution in [0, 0.1) is 5.92 Å². The fourth-order valence-corrected chi connectivity index (χ4v) is 1.82. The van der Waals surface area contributed by atoms with Crippen molar-refractivity contribution < 1.29 is 14.6 Å². The van der Waals surface area contributed by atoms with Crippen molar-refractivity contribution in [1.29, 1.82) is 0 Å². The molecule has 2 unspecified atom stereocenters. The Bertz CT molecular complexity index is 406. The summed E-state index contributed by atoms with van der Waals surface area (Å²) in [6.07, 6.45) is 0. The summed E-state index contributed by atoms with van der Waals surface area (Å²) >= 11 is 0. The molecule has 0 heterocycles. The van der Waals surface area contributed by atoms with E-state index in [1.807, 2.05) is 36.2 Å². The van der Waals surface area contributed by atoms with Crippen molar-refractivity contribution in [2.24, 2.45) is 5.92 Å². The highest BCUT2D eigenvalue weighted by molar-refractivity contribution is 5.69. The second kappa shape index (κ2) is 6.40. The van der Waals surface area contributed by atoms with Crippen molar-refractivity contribution in [1.82, 2.24) is 4.90 Å². The largest absolute Gasteiger partial charge is 0.497 e. The van der Waals surface area contributed by atoms with Crippen molar-refractivity contribution in [2.75, 3.05) is 20.7 Å². The molecule has 0 aliphatic carbocycles. The standard InChI is InChI=1S/C14H21NO3/c1-10(14(16)17)9-15(3)11(2)12-6-5-7-13(8-12)18-4/h5-8,10-11H,9H2,1-4H3,(H,16,17). The maximum atomic E-state index is 10.8. The maximum Gasteiger partial charge on any atom is 0.307 e. The van der Waals surface area contributed by atoms with Crippen LogP contribution in [0.1, 0.15) is 25.5 Å². The van der Waals surface area contributed by atoms with Crippen LogP contribution in [0.3, 0.4) is 0 Å². The fraction of sp³-hybridized carbons (Fsp3) is 0.500. The molecule has 0 amide bonds. The minimum atomic E-state index is -0.764. The molecule has 0 bridgehead atoms. The van der Waals surface area contributed by atoms with Gasteiger partial charge in [0.1, 0.15) is 5.75 Å². The van der Waals surface area contributed by atoms with Gasteiger partial charge in [-0.1, -0.05) is 19.1 Å². The lowest BCUT2D eigenvalue weighted by Crippen LogP contribution is -2.30. The monoisotopic (exact) mass is 251 g/mol. The van der Waals surface area contributed by atoms with Crippen molar-refractivity contribution in [3.8, 4) is 5.75 Å². The summed E-state index contributed by atoms with van der Waals surface area (Å²) in [5.41, 5.74) is 1.12. The molecule has 0 radical (unpaired) electrons. The minimum Gasteiger partial charge on any atom is -0.497 e. The molecule has 18 heavy (non-hydrogen) atoms. The highest BCUT2D eigenvalue weighted by atomic mass is 16.5. The van der Waals surface area contributed by atoms with Gasteiger partial charge in [0.15, 0.2) is 0 Å². The van der Waals surface area contributed by atoms with Crippen LogP contribution in [0.25, 0.3) is 0 Å². The molecule has 1 aromatic carbocycles. The molecular formula is C14H21NO3. The topological polar surface area (TPSA) is 49.8 Å². The molecule has 0 saturated carbocycles. The molecule has 1 aromatic rings. The number of nitrogens with zero attached hydrogens (tertiary/aromatic N) is 1. The normalized spacial score (nSPS) is 14.3. The zero-order chi connectivity index (χ0) is 13.7. The van der Waals surface area contributed by atoms with E-state index in [4.69, 9.17) is 9.84 Å². The van der Waals surface area contributed by atoms with Crippen LogP contribution < -0.4 is 4.74 Å². The summed E-state index contributed by atoms with van der Waals surface area (Å²) in [6, 6.07) is 8.00. The summed E-state index contributed by atoms with van der Waals surface area (Å²) < 4.78 is 5.19. The first-order valence-electron chi connectivity index (χ1n) is 6.02. The second-order valence-electron chi connectivity index (χ2n) is 4.63. The Morgan fingerprint density at radius 2 is 2.11 bits per heavy atom. The number of rotatable bonds is 6. The van der Waals surface area contributed by atoms with Gasteiger partial charge in [0.2, 0.25) is 0 Å². The lowest BCUT2D eigenvalue weighted by atomic mass is 10.1. The molecule has 4 heteroatoms. The molecule has 2 atom stereocenters. The Balaban J connectivity index is 2.73. The molecule has 0 aliphatic rings. The van der Waals surface area contributed by atoms with Crippen LogP contribution in [0.15, 0.2) is 24.3 Å². The zero-order valence-electron chi connectivity index (χ0n) is 11.4. The smallest absolute Gasteiger partial charge is 0.307 e. The first kappa shape index (κ1) is 14.5. The number of hydrogen-bond donors (Lipinski definition) is 1. The van der Waals surface area contributed by atoms with Gasteiger partial charge in [0.25, 0.3) is 0 Å². The SMILES string of the molecule is COc1cccc(C(C)N(C)CC(C)C(=O)O)c1. The molecule has 0 fully saturated rings. The molecular weight excluding hydrogens is 230 g/mol. The number of hydrogen-bond acceptors (Lipinski definition) is 3. The van der Waals surface area contributed by atoms with Crippen molar-refractivity contribution >= 4 is 5.97 Å². The first-order chi connectivity index (χ1) is 8.45. The van der Waals surface area contributed by atoms with Gasteiger partial charge < -0.3 is 9.84 Å². The predicted octanol–water partition coefficient (Wildman–Crippen LogP) is 2.41. The second-order valence-corrected chi connectivity index (χ2v) is 4.63. The van der Waals surface area contributed by atoms with Crippen LogP contribution >= 0.6 is 0 Å². The van der Waals surface area contributed by atoms with Crippen LogP contribution in [-0.4, -0.2) is 36.7 Å². The third-order valence-corrected chi connectivity index (χ3v) is 3.22. The van der Waals surface area contributed by atoms with E-state index in [2.05, 4.69) is 6.92 Å². The van der Waals surface area contributed by atoms with Gasteiger partial charge in [-0.2, -0.15) is 0 Å². The highest BCUT2D eigenvalue weighted by Crippen LogP contribution is 2.23. The number of aliphatic carboxylic acids is 1. The molecule has 0 saturated heterocycles. The average Bonchev–Trinajstić information content (AvgIpc) is 2.37. The van der Waals surface area contributed by atoms with Crippen molar-refractivity contribution in [2.45, 2.75) is 19.9 Å². The Hall–Kier alpha value is -1.55. The van der Waals surface area contributed by atoms with Gasteiger partial charge in [-0.15, -0.1) is 0 Å². The zero-order valence-corrected chi connectivity index (χ0v) is 11.4. The summed E-state index contributed by atoms with van der Waals surface area (Å²) in [4.78, 5) is 12.9. The maximum absolute atomic E-state index is 10.8.